The molecule has 77 heavy (non-hydrogen) atoms. The topological polar surface area (TPSA) is 223 Å². The minimum absolute atomic E-state index is 0.0383. The van der Waals surface area contributed by atoms with Crippen molar-refractivity contribution >= 4 is 55.1 Å². The summed E-state index contributed by atoms with van der Waals surface area (Å²) in [6, 6.07) is 19.9. The number of sulfonamides is 1. The van der Waals surface area contributed by atoms with Crippen LogP contribution < -0.4 is 24.4 Å². The number of piperazine rings is 1. The van der Waals surface area contributed by atoms with Crippen LogP contribution in [0.25, 0.3) is 22.1 Å². The van der Waals surface area contributed by atoms with Gasteiger partial charge in [-0.05, 0) is 71.9 Å². The molecule has 4 fully saturated rings. The summed E-state index contributed by atoms with van der Waals surface area (Å²) in [5, 5.41) is 15.9. The number of piperidine rings is 1. The lowest BCUT2D eigenvalue weighted by Gasteiger charge is -2.58. The van der Waals surface area contributed by atoms with Gasteiger partial charge >= 0.3 is 0 Å². The number of hydrogen-bond donors (Lipinski definition) is 3. The van der Waals surface area contributed by atoms with E-state index in [-0.39, 0.29) is 78.0 Å². The monoisotopic (exact) mass is 1070 g/mol. The number of nitrogens with zero attached hydrogens (tertiary/aromatic N) is 7. The number of aromatic amines is 1. The molecule has 7 heterocycles. The Morgan fingerprint density at radius 3 is 2.52 bits per heavy atom. The summed E-state index contributed by atoms with van der Waals surface area (Å²) in [6.07, 6.45) is 9.62. The predicted molar refractivity (Wildman–Crippen MR) is 283 cm³/mol. The van der Waals surface area contributed by atoms with Crippen molar-refractivity contribution in [1.29, 1.82) is 0 Å². The zero-order valence-electron chi connectivity index (χ0n) is 43.0. The number of H-pyrrole nitrogens is 1. The summed E-state index contributed by atoms with van der Waals surface area (Å²) < 4.78 is 85.0. The van der Waals surface area contributed by atoms with Gasteiger partial charge in [0.2, 0.25) is 5.88 Å². The maximum absolute atomic E-state index is 16.7. The molecule has 0 radical (unpaired) electrons. The molecule has 7 aromatic rings. The number of oxazole rings is 1. The quantitative estimate of drug-likeness (QED) is 0.0605. The zero-order valence-corrected chi connectivity index (χ0v) is 43.8. The highest BCUT2D eigenvalue weighted by molar-refractivity contribution is 7.90. The molecule has 3 aliphatic heterocycles. The van der Waals surface area contributed by atoms with Gasteiger partial charge < -0.3 is 33.8 Å². The molecule has 3 saturated heterocycles. The van der Waals surface area contributed by atoms with Crippen molar-refractivity contribution < 1.29 is 45.5 Å². The maximum atomic E-state index is 16.7. The van der Waals surface area contributed by atoms with Crippen LogP contribution in [0.5, 0.6) is 17.4 Å². The van der Waals surface area contributed by atoms with E-state index in [0.29, 0.717) is 42.0 Å². The summed E-state index contributed by atoms with van der Waals surface area (Å²) >= 11 is 0. The Balaban J connectivity index is 0.823. The molecule has 1 atom stereocenters. The van der Waals surface area contributed by atoms with Gasteiger partial charge in [-0.25, -0.2) is 36.9 Å². The second-order valence-corrected chi connectivity index (χ2v) is 22.8. The first kappa shape index (κ1) is 51.8. The van der Waals surface area contributed by atoms with Crippen molar-refractivity contribution in [1.82, 2.24) is 34.5 Å². The SMILES string of the molecule is COc1ccc(CN2CCN(C3CC4(CCN(c5cc(Oc6cnc7[nH]ccc7c6)c(C(=O)NS(=O)(=O)c6cc([N+](=O)[O-])c(NCC7(F)CCOCC7)c7ocnc67)cc5F)CC4)C3)C(c3ccccc3C(C)C)C2)cn1. The number of carbonyl (C=O) groups is 1. The molecule has 11 rings (SSSR count). The number of methoxy groups -OCH3 is 1. The van der Waals surface area contributed by atoms with E-state index in [4.69, 9.17) is 18.6 Å². The molecule has 19 nitrogen and oxygen atoms in total. The number of carbonyl (C=O) groups excluding carboxylic acids is 1. The van der Waals surface area contributed by atoms with Crippen LogP contribution in [0, 0.1) is 21.3 Å². The summed E-state index contributed by atoms with van der Waals surface area (Å²) in [6.45, 7) is 9.02. The average molecular weight is 1080 g/mol. The minimum Gasteiger partial charge on any atom is -0.481 e. The fraction of sp³-hybridized carbons (Fsp3) is 0.418. The van der Waals surface area contributed by atoms with E-state index in [1.54, 1.807) is 25.4 Å². The summed E-state index contributed by atoms with van der Waals surface area (Å²) in [4.78, 5) is 48.2. The number of hydrogen-bond acceptors (Lipinski definition) is 16. The van der Waals surface area contributed by atoms with E-state index in [0.717, 1.165) is 76.0 Å². The first-order chi connectivity index (χ1) is 37.1. The Hall–Kier alpha value is -7.27. The number of nitrogens with one attached hydrogen (secondary N) is 3. The number of fused-ring (bicyclic) bond motifs is 2. The van der Waals surface area contributed by atoms with E-state index >= 15 is 8.78 Å². The van der Waals surface area contributed by atoms with E-state index in [1.807, 2.05) is 21.9 Å². The lowest BCUT2D eigenvalue weighted by molar-refractivity contribution is -0.384. The number of rotatable bonds is 16. The third kappa shape index (κ3) is 10.5. The molecule has 1 saturated carbocycles. The van der Waals surface area contributed by atoms with Crippen molar-refractivity contribution in [2.75, 3.05) is 69.8 Å². The van der Waals surface area contributed by atoms with Crippen LogP contribution in [0.4, 0.5) is 25.8 Å². The van der Waals surface area contributed by atoms with Gasteiger partial charge in [-0.15, -0.1) is 0 Å². The molecule has 4 aliphatic rings. The number of nitro groups is 1. The number of halogens is 2. The normalized spacial score (nSPS) is 19.1. The molecule has 1 spiro atoms. The minimum atomic E-state index is -5.01. The summed E-state index contributed by atoms with van der Waals surface area (Å²) in [5.74, 6) is -1.08. The third-order valence-corrected chi connectivity index (χ3v) is 17.3. The van der Waals surface area contributed by atoms with Gasteiger partial charge in [-0.3, -0.25) is 24.7 Å². The Labute approximate surface area is 443 Å². The third-order valence-electron chi connectivity index (χ3n) is 16.0. The molecule has 22 heteroatoms. The van der Waals surface area contributed by atoms with Gasteiger partial charge in [0.15, 0.2) is 17.7 Å². The van der Waals surface area contributed by atoms with Crippen LogP contribution in [-0.4, -0.2) is 120 Å². The van der Waals surface area contributed by atoms with Crippen LogP contribution in [0.15, 0.2) is 101 Å². The second-order valence-electron chi connectivity index (χ2n) is 21.1. The first-order valence-electron chi connectivity index (χ1n) is 26.0. The molecule has 0 bridgehead atoms. The van der Waals surface area contributed by atoms with Crippen molar-refractivity contribution in [3.63, 3.8) is 0 Å². The zero-order chi connectivity index (χ0) is 53.6. The highest BCUT2D eigenvalue weighted by Crippen LogP contribution is 2.54. The Morgan fingerprint density at radius 1 is 0.987 bits per heavy atom. The van der Waals surface area contributed by atoms with E-state index in [9.17, 15) is 23.3 Å². The second kappa shape index (κ2) is 20.9. The Bertz CT molecular complexity index is 3440. The number of aromatic nitrogens is 4. The van der Waals surface area contributed by atoms with E-state index in [1.165, 1.54) is 23.4 Å². The molecule has 1 amide bonds. The van der Waals surface area contributed by atoms with Crippen molar-refractivity contribution in [3.05, 3.63) is 130 Å². The van der Waals surface area contributed by atoms with Gasteiger partial charge in [0.05, 0.1) is 29.5 Å². The number of nitro benzene ring substituents is 1. The van der Waals surface area contributed by atoms with Gasteiger partial charge in [0, 0.05) is 120 Å². The van der Waals surface area contributed by atoms with Crippen LogP contribution in [0.3, 0.4) is 0 Å². The molecular formula is C55H60F2N10O9S. The summed E-state index contributed by atoms with van der Waals surface area (Å²) in [5.41, 5.74) is 0.679. The number of benzene rings is 3. The molecule has 1 aliphatic carbocycles. The summed E-state index contributed by atoms with van der Waals surface area (Å²) in [7, 11) is -3.39. The molecule has 3 aromatic carbocycles. The fourth-order valence-corrected chi connectivity index (χ4v) is 12.9. The van der Waals surface area contributed by atoms with Crippen LogP contribution in [0.2, 0.25) is 0 Å². The lowest BCUT2D eigenvalue weighted by atomic mass is 9.59. The number of pyridine rings is 2. The molecule has 404 valence electrons. The van der Waals surface area contributed by atoms with Gasteiger partial charge in [0.25, 0.3) is 21.6 Å². The van der Waals surface area contributed by atoms with E-state index < -0.39 is 48.5 Å². The van der Waals surface area contributed by atoms with Gasteiger partial charge in [-0.2, -0.15) is 0 Å². The van der Waals surface area contributed by atoms with Crippen molar-refractivity contribution in [2.24, 2.45) is 5.41 Å². The average Bonchev–Trinajstić information content (AvgIpc) is 4.19. The van der Waals surface area contributed by atoms with Gasteiger partial charge in [-0.1, -0.05) is 44.2 Å². The number of anilines is 2. The van der Waals surface area contributed by atoms with Crippen LogP contribution in [-0.2, 0) is 21.3 Å². The smallest absolute Gasteiger partial charge is 0.297 e. The first-order valence-corrected chi connectivity index (χ1v) is 27.4. The van der Waals surface area contributed by atoms with Gasteiger partial charge in [0.1, 0.15) is 39.0 Å². The maximum Gasteiger partial charge on any atom is 0.297 e. The highest BCUT2D eigenvalue weighted by Gasteiger charge is 2.50. The van der Waals surface area contributed by atoms with Crippen molar-refractivity contribution in [3.8, 4) is 17.4 Å². The van der Waals surface area contributed by atoms with E-state index in [2.05, 4.69) is 79.2 Å². The number of amides is 1. The van der Waals surface area contributed by atoms with Crippen LogP contribution >= 0.6 is 0 Å². The molecule has 4 aromatic heterocycles. The largest absolute Gasteiger partial charge is 0.481 e. The number of ether oxygens (including phenoxy) is 3. The molecule has 3 N–H and O–H groups in total. The predicted octanol–water partition coefficient (Wildman–Crippen LogP) is 9.43. The van der Waals surface area contributed by atoms with Crippen molar-refractivity contribution in [2.45, 2.75) is 87.5 Å². The number of alkyl halides is 1. The Morgan fingerprint density at radius 2 is 1.78 bits per heavy atom. The Kier molecular flexibility index (Phi) is 14.1. The highest BCUT2D eigenvalue weighted by atomic mass is 32.2. The molecular weight excluding hydrogens is 1010 g/mol. The standard InChI is InChI=1S/C55H60F2N10O9S/c1-34(2)39-6-4-5-7-40(39)45-31-64(30-35-8-9-48(73-3)59-28-35)18-19-66(45)37-26-54(27-37)11-16-65(17-12-54)43-24-46(76-38-22-36-10-15-58-52(36)60-29-38)41(23-42(43)56)53(68)63-77(71,72)47-25-44(67(69)70)49(51-50(47)62-33-75-51)61-32-55(57)13-20-74-21-14-55/h4-10,15,22-25,28-29,33-34,37,45,61H,11-14,16-21,26-27,30-32H2,1-3H3,(H,58,60)(H,63,68). The van der Waals surface area contributed by atoms with Crippen LogP contribution in [0.1, 0.15) is 91.4 Å². The molecule has 1 unspecified atom stereocenters. The lowest BCUT2D eigenvalue weighted by Crippen LogP contribution is -2.60. The fourth-order valence-electron chi connectivity index (χ4n) is 11.8.